The van der Waals surface area contributed by atoms with Crippen molar-refractivity contribution in [2.24, 2.45) is 0 Å². The predicted molar refractivity (Wildman–Crippen MR) is 55.9 cm³/mol. The van der Waals surface area contributed by atoms with Gasteiger partial charge in [-0.25, -0.2) is 0 Å². The number of carbonyl (C=O) groups is 1. The van der Waals surface area contributed by atoms with E-state index in [9.17, 15) is 4.79 Å². The molecule has 0 aliphatic carbocycles. The van der Waals surface area contributed by atoms with Gasteiger partial charge < -0.3 is 5.32 Å². The van der Waals surface area contributed by atoms with Gasteiger partial charge in [0.05, 0.1) is 0 Å². The van der Waals surface area contributed by atoms with Gasteiger partial charge in [0.2, 0.25) is 0 Å². The van der Waals surface area contributed by atoms with Gasteiger partial charge in [-0.2, -0.15) is 0 Å². The minimum atomic E-state index is 0. The molecule has 0 radical (unpaired) electrons. The smallest absolute Gasteiger partial charge is 0.159 e. The zero-order valence-corrected chi connectivity index (χ0v) is 7.42. The fourth-order valence-electron chi connectivity index (χ4n) is 1.10. The molecule has 2 nitrogen and oxygen atoms in total. The molecule has 0 aromatic heterocycles. The van der Waals surface area contributed by atoms with Crippen LogP contribution in [-0.2, 0) is 6.54 Å². The second kappa shape index (κ2) is 5.49. The third-order valence-corrected chi connectivity index (χ3v) is 1.71. The molecular weight excluding hydrogens is 162 g/mol. The molecule has 1 N–H and O–H groups in total. The summed E-state index contributed by atoms with van der Waals surface area (Å²) >= 11 is 0. The SMILES string of the molecule is C.CNCc1cccc(C(C)=O)c1. The highest BCUT2D eigenvalue weighted by Crippen LogP contribution is 2.05. The zero-order chi connectivity index (χ0) is 8.97. The van der Waals surface area contributed by atoms with E-state index in [0.717, 1.165) is 17.7 Å². The Hall–Kier alpha value is -1.15. The summed E-state index contributed by atoms with van der Waals surface area (Å²) in [4.78, 5) is 11.0. The third kappa shape index (κ3) is 3.38. The van der Waals surface area contributed by atoms with Crippen LogP contribution in [0.5, 0.6) is 0 Å². The molecule has 1 aromatic carbocycles. The molecule has 0 saturated carbocycles. The van der Waals surface area contributed by atoms with E-state index in [1.165, 1.54) is 0 Å². The van der Waals surface area contributed by atoms with Crippen LogP contribution in [0.15, 0.2) is 24.3 Å². The van der Waals surface area contributed by atoms with Crippen LogP contribution in [0, 0.1) is 0 Å². The fourth-order valence-corrected chi connectivity index (χ4v) is 1.10. The molecule has 0 aliphatic rings. The van der Waals surface area contributed by atoms with Gasteiger partial charge in [0.15, 0.2) is 5.78 Å². The Morgan fingerprint density at radius 2 is 2.15 bits per heavy atom. The molecule has 0 bridgehead atoms. The van der Waals surface area contributed by atoms with Gasteiger partial charge in [0, 0.05) is 12.1 Å². The summed E-state index contributed by atoms with van der Waals surface area (Å²) in [5.74, 6) is 0.118. The Bertz CT molecular complexity index is 281. The molecule has 13 heavy (non-hydrogen) atoms. The van der Waals surface area contributed by atoms with E-state index in [4.69, 9.17) is 0 Å². The lowest BCUT2D eigenvalue weighted by atomic mass is 10.1. The van der Waals surface area contributed by atoms with Crippen molar-refractivity contribution in [3.05, 3.63) is 35.4 Å². The van der Waals surface area contributed by atoms with Crippen LogP contribution in [0.1, 0.15) is 30.3 Å². The number of rotatable bonds is 3. The molecule has 0 fully saturated rings. The average Bonchev–Trinajstić information content (AvgIpc) is 2.05. The largest absolute Gasteiger partial charge is 0.316 e. The van der Waals surface area contributed by atoms with Gasteiger partial charge in [-0.3, -0.25) is 4.79 Å². The van der Waals surface area contributed by atoms with Crippen molar-refractivity contribution in [1.82, 2.24) is 5.32 Å². The Balaban J connectivity index is 0.00000144. The van der Waals surface area contributed by atoms with Gasteiger partial charge in [-0.15, -0.1) is 0 Å². The summed E-state index contributed by atoms with van der Waals surface area (Å²) in [6.07, 6.45) is 0. The second-order valence-corrected chi connectivity index (χ2v) is 2.79. The van der Waals surface area contributed by atoms with E-state index < -0.39 is 0 Å². The molecule has 0 aliphatic heterocycles. The third-order valence-electron chi connectivity index (χ3n) is 1.71. The molecule has 0 atom stereocenters. The van der Waals surface area contributed by atoms with Crippen molar-refractivity contribution in [1.29, 1.82) is 0 Å². The van der Waals surface area contributed by atoms with Crippen LogP contribution in [0.3, 0.4) is 0 Å². The highest BCUT2D eigenvalue weighted by atomic mass is 16.1. The average molecular weight is 179 g/mol. The first-order valence-corrected chi connectivity index (χ1v) is 3.98. The molecule has 0 spiro atoms. The Morgan fingerprint density at radius 1 is 1.46 bits per heavy atom. The van der Waals surface area contributed by atoms with Crippen LogP contribution >= 0.6 is 0 Å². The molecule has 1 aromatic rings. The zero-order valence-electron chi connectivity index (χ0n) is 7.42. The molecular formula is C11H17NO. The lowest BCUT2D eigenvalue weighted by Crippen LogP contribution is -2.05. The van der Waals surface area contributed by atoms with Gasteiger partial charge in [0.25, 0.3) is 0 Å². The van der Waals surface area contributed by atoms with Crippen molar-refractivity contribution < 1.29 is 4.79 Å². The maximum atomic E-state index is 11.0. The summed E-state index contributed by atoms with van der Waals surface area (Å²) in [5, 5.41) is 3.04. The first-order chi connectivity index (χ1) is 5.74. The Morgan fingerprint density at radius 3 is 2.69 bits per heavy atom. The van der Waals surface area contributed by atoms with Crippen LogP contribution in [0.25, 0.3) is 0 Å². The molecule has 0 heterocycles. The summed E-state index contributed by atoms with van der Waals surface area (Å²) in [6.45, 7) is 2.39. The molecule has 0 amide bonds. The summed E-state index contributed by atoms with van der Waals surface area (Å²) < 4.78 is 0. The Kier molecular flexibility index (Phi) is 5.00. The van der Waals surface area contributed by atoms with E-state index >= 15 is 0 Å². The van der Waals surface area contributed by atoms with Gasteiger partial charge in [0.1, 0.15) is 0 Å². The highest BCUT2D eigenvalue weighted by molar-refractivity contribution is 5.94. The summed E-state index contributed by atoms with van der Waals surface area (Å²) in [7, 11) is 1.89. The quantitative estimate of drug-likeness (QED) is 0.721. The normalized spacial score (nSPS) is 9.08. The van der Waals surface area contributed by atoms with Crippen LogP contribution < -0.4 is 5.32 Å². The van der Waals surface area contributed by atoms with Crippen LogP contribution in [0.2, 0.25) is 0 Å². The highest BCUT2D eigenvalue weighted by Gasteiger charge is 1.98. The minimum Gasteiger partial charge on any atom is -0.316 e. The van der Waals surface area contributed by atoms with Crippen LogP contribution in [-0.4, -0.2) is 12.8 Å². The number of hydrogen-bond acceptors (Lipinski definition) is 2. The number of nitrogens with one attached hydrogen (secondary N) is 1. The van der Waals surface area contributed by atoms with Crippen molar-refractivity contribution >= 4 is 5.78 Å². The topological polar surface area (TPSA) is 29.1 Å². The fraction of sp³-hybridized carbons (Fsp3) is 0.364. The minimum absolute atomic E-state index is 0. The summed E-state index contributed by atoms with van der Waals surface area (Å²) in [6, 6.07) is 7.66. The van der Waals surface area contributed by atoms with Gasteiger partial charge >= 0.3 is 0 Å². The van der Waals surface area contributed by atoms with Crippen LogP contribution in [0.4, 0.5) is 0 Å². The maximum absolute atomic E-state index is 11.0. The van der Waals surface area contributed by atoms with E-state index in [1.54, 1.807) is 6.92 Å². The molecule has 0 saturated heterocycles. The molecule has 1 rings (SSSR count). The number of hydrogen-bond donors (Lipinski definition) is 1. The van der Waals surface area contributed by atoms with Crippen molar-refractivity contribution in [3.8, 4) is 0 Å². The first-order valence-electron chi connectivity index (χ1n) is 3.98. The first kappa shape index (κ1) is 11.8. The van der Waals surface area contributed by atoms with Gasteiger partial charge in [-0.1, -0.05) is 25.6 Å². The lowest BCUT2D eigenvalue weighted by Gasteiger charge is -2.01. The van der Waals surface area contributed by atoms with E-state index in [0.29, 0.717) is 0 Å². The number of benzene rings is 1. The van der Waals surface area contributed by atoms with Crippen molar-refractivity contribution in [2.75, 3.05) is 7.05 Å². The number of Topliss-reactive ketones (excluding diaryl/α,β-unsaturated/α-hetero) is 1. The molecule has 72 valence electrons. The maximum Gasteiger partial charge on any atom is 0.159 e. The van der Waals surface area contributed by atoms with E-state index in [1.807, 2.05) is 31.3 Å². The Labute approximate surface area is 80.0 Å². The number of ketones is 1. The van der Waals surface area contributed by atoms with Crippen molar-refractivity contribution in [3.63, 3.8) is 0 Å². The second-order valence-electron chi connectivity index (χ2n) is 2.79. The van der Waals surface area contributed by atoms with Gasteiger partial charge in [-0.05, 0) is 25.6 Å². The monoisotopic (exact) mass is 179 g/mol. The summed E-state index contributed by atoms with van der Waals surface area (Å²) in [5.41, 5.74) is 1.92. The molecule has 2 heteroatoms. The molecule has 0 unspecified atom stereocenters. The predicted octanol–water partition coefficient (Wildman–Crippen LogP) is 2.24. The standard InChI is InChI=1S/C10H13NO.CH4/c1-8(12)10-5-3-4-9(6-10)7-11-2;/h3-6,11H,7H2,1-2H3;1H4. The van der Waals surface area contributed by atoms with Crippen molar-refractivity contribution in [2.45, 2.75) is 20.9 Å². The van der Waals surface area contributed by atoms with E-state index in [2.05, 4.69) is 5.32 Å². The lowest BCUT2D eigenvalue weighted by molar-refractivity contribution is 0.101. The number of carbonyl (C=O) groups excluding carboxylic acids is 1. The van der Waals surface area contributed by atoms with E-state index in [-0.39, 0.29) is 13.2 Å².